The highest BCUT2D eigenvalue weighted by molar-refractivity contribution is 7.99. The molecule has 1 unspecified atom stereocenters. The molecule has 1 atom stereocenters. The zero-order valence-electron chi connectivity index (χ0n) is 11.5. The molecule has 0 aliphatic heterocycles. The van der Waals surface area contributed by atoms with Crippen LogP contribution in [0.5, 0.6) is 0 Å². The zero-order chi connectivity index (χ0) is 13.7. The molecule has 0 aliphatic rings. The number of unbranched alkanes of at least 4 members (excludes halogenated alkanes) is 1. The van der Waals surface area contributed by atoms with Crippen LogP contribution in [-0.2, 0) is 12.8 Å². The molecule has 2 aromatic heterocycles. The Balaban J connectivity index is 1.95. The average Bonchev–Trinajstić information content (AvgIpc) is 3.04. The topological polar surface area (TPSA) is 80.5 Å². The van der Waals surface area contributed by atoms with Crippen LogP contribution in [0.15, 0.2) is 9.68 Å². The summed E-state index contributed by atoms with van der Waals surface area (Å²) in [4.78, 5) is 8.76. The van der Waals surface area contributed by atoms with E-state index in [0.29, 0.717) is 5.89 Å². The smallest absolute Gasteiger partial charge is 0.239 e. The van der Waals surface area contributed by atoms with Gasteiger partial charge in [0.25, 0.3) is 0 Å². The minimum Gasteiger partial charge on any atom is -0.338 e. The number of aryl methyl sites for hydroxylation is 2. The van der Waals surface area contributed by atoms with Crippen molar-refractivity contribution in [3.63, 3.8) is 0 Å². The predicted octanol–water partition coefficient (Wildman–Crippen LogP) is 2.95. The van der Waals surface area contributed by atoms with E-state index in [-0.39, 0.29) is 5.25 Å². The Hall–Kier alpha value is -1.37. The Morgan fingerprint density at radius 2 is 2.16 bits per heavy atom. The van der Waals surface area contributed by atoms with Crippen LogP contribution in [0, 0.1) is 0 Å². The first-order chi connectivity index (χ1) is 9.22. The summed E-state index contributed by atoms with van der Waals surface area (Å²) >= 11 is 1.52. The third-order valence-corrected chi connectivity index (χ3v) is 3.66. The molecule has 0 aliphatic carbocycles. The SMILES string of the molecule is CCCCc1noc(C(C)Sc2n[nH]c(CC)n2)n1. The lowest BCUT2D eigenvalue weighted by Gasteiger charge is -2.01. The van der Waals surface area contributed by atoms with Gasteiger partial charge >= 0.3 is 0 Å². The number of nitrogens with one attached hydrogen (secondary N) is 1. The Morgan fingerprint density at radius 1 is 1.32 bits per heavy atom. The molecule has 104 valence electrons. The number of hydrogen-bond donors (Lipinski definition) is 1. The lowest BCUT2D eigenvalue weighted by Crippen LogP contribution is -1.92. The number of rotatable bonds is 7. The van der Waals surface area contributed by atoms with Crippen molar-refractivity contribution in [2.75, 3.05) is 0 Å². The van der Waals surface area contributed by atoms with Crippen LogP contribution in [0.4, 0.5) is 0 Å². The summed E-state index contributed by atoms with van der Waals surface area (Å²) in [7, 11) is 0. The predicted molar refractivity (Wildman–Crippen MR) is 72.9 cm³/mol. The van der Waals surface area contributed by atoms with Crippen molar-refractivity contribution in [1.29, 1.82) is 0 Å². The van der Waals surface area contributed by atoms with Crippen molar-refractivity contribution in [3.05, 3.63) is 17.5 Å². The van der Waals surface area contributed by atoms with Gasteiger partial charge in [0.05, 0.1) is 5.25 Å². The summed E-state index contributed by atoms with van der Waals surface area (Å²) in [5.41, 5.74) is 0. The Labute approximate surface area is 116 Å². The zero-order valence-corrected chi connectivity index (χ0v) is 12.3. The maximum Gasteiger partial charge on any atom is 0.239 e. The summed E-state index contributed by atoms with van der Waals surface area (Å²) in [6.45, 7) is 6.20. The van der Waals surface area contributed by atoms with Crippen molar-refractivity contribution in [3.8, 4) is 0 Å². The maximum atomic E-state index is 5.28. The second-order valence-electron chi connectivity index (χ2n) is 4.33. The minimum absolute atomic E-state index is 0.0587. The Bertz CT molecular complexity index is 510. The molecule has 0 saturated carbocycles. The van der Waals surface area contributed by atoms with E-state index in [0.717, 1.165) is 42.5 Å². The summed E-state index contributed by atoms with van der Waals surface area (Å²) in [5.74, 6) is 2.32. The van der Waals surface area contributed by atoms with Crippen LogP contribution >= 0.6 is 11.8 Å². The number of nitrogens with zero attached hydrogens (tertiary/aromatic N) is 4. The third kappa shape index (κ3) is 3.79. The van der Waals surface area contributed by atoms with E-state index in [4.69, 9.17) is 4.52 Å². The highest BCUT2D eigenvalue weighted by Gasteiger charge is 2.17. The second-order valence-corrected chi connectivity index (χ2v) is 5.64. The summed E-state index contributed by atoms with van der Waals surface area (Å²) in [5, 5.41) is 11.8. The average molecular weight is 281 g/mol. The molecule has 0 bridgehead atoms. The normalized spacial score (nSPS) is 12.8. The van der Waals surface area contributed by atoms with Crippen LogP contribution in [-0.4, -0.2) is 25.3 Å². The van der Waals surface area contributed by atoms with E-state index in [9.17, 15) is 0 Å². The number of aromatic amines is 1. The molecule has 7 heteroatoms. The fourth-order valence-corrected chi connectivity index (χ4v) is 2.34. The quantitative estimate of drug-likeness (QED) is 0.786. The highest BCUT2D eigenvalue weighted by Crippen LogP contribution is 2.31. The first-order valence-electron chi connectivity index (χ1n) is 6.63. The van der Waals surface area contributed by atoms with E-state index < -0.39 is 0 Å². The van der Waals surface area contributed by atoms with Gasteiger partial charge in [-0.3, -0.25) is 5.10 Å². The van der Waals surface area contributed by atoms with Gasteiger partial charge in [-0.2, -0.15) is 4.98 Å². The summed E-state index contributed by atoms with van der Waals surface area (Å²) in [6, 6.07) is 0. The fourth-order valence-electron chi connectivity index (χ4n) is 1.57. The number of aromatic nitrogens is 5. The van der Waals surface area contributed by atoms with Crippen molar-refractivity contribution in [2.24, 2.45) is 0 Å². The van der Waals surface area contributed by atoms with Crippen LogP contribution in [0.3, 0.4) is 0 Å². The third-order valence-electron chi connectivity index (χ3n) is 2.71. The van der Waals surface area contributed by atoms with Gasteiger partial charge in [-0.05, 0) is 13.3 Å². The van der Waals surface area contributed by atoms with Crippen molar-refractivity contribution in [1.82, 2.24) is 25.3 Å². The van der Waals surface area contributed by atoms with Crippen molar-refractivity contribution in [2.45, 2.75) is 56.9 Å². The molecule has 0 fully saturated rings. The number of thioether (sulfide) groups is 1. The van der Waals surface area contributed by atoms with E-state index in [2.05, 4.69) is 32.2 Å². The van der Waals surface area contributed by atoms with Crippen molar-refractivity contribution < 1.29 is 4.52 Å². The Kier molecular flexibility index (Phi) is 4.95. The molecule has 0 amide bonds. The van der Waals surface area contributed by atoms with E-state index in [1.165, 1.54) is 11.8 Å². The lowest BCUT2D eigenvalue weighted by atomic mass is 10.2. The molecule has 1 N–H and O–H groups in total. The fraction of sp³-hybridized carbons (Fsp3) is 0.667. The van der Waals surface area contributed by atoms with Crippen molar-refractivity contribution >= 4 is 11.8 Å². The Morgan fingerprint density at radius 3 is 2.84 bits per heavy atom. The van der Waals surface area contributed by atoms with Gasteiger partial charge in [0.1, 0.15) is 5.82 Å². The van der Waals surface area contributed by atoms with Gasteiger partial charge < -0.3 is 4.52 Å². The summed E-state index contributed by atoms with van der Waals surface area (Å²) < 4.78 is 5.28. The molecule has 2 aromatic rings. The number of H-pyrrole nitrogens is 1. The van der Waals surface area contributed by atoms with Gasteiger partial charge in [-0.1, -0.05) is 37.2 Å². The van der Waals surface area contributed by atoms with Gasteiger partial charge in [0.2, 0.25) is 11.0 Å². The minimum atomic E-state index is 0.0587. The van der Waals surface area contributed by atoms with Crippen LogP contribution in [0.1, 0.15) is 56.4 Å². The standard InChI is InChI=1S/C12H19N5OS/c1-4-6-7-10-13-11(18-17-10)8(3)19-12-14-9(5-2)15-16-12/h8H,4-7H2,1-3H3,(H,14,15,16). The van der Waals surface area contributed by atoms with Gasteiger partial charge in [-0.15, -0.1) is 5.10 Å². The van der Waals surface area contributed by atoms with E-state index in [1.54, 1.807) is 0 Å². The van der Waals surface area contributed by atoms with E-state index in [1.807, 2.05) is 13.8 Å². The summed E-state index contributed by atoms with van der Waals surface area (Å²) in [6.07, 6.45) is 3.94. The molecule has 0 aromatic carbocycles. The monoisotopic (exact) mass is 281 g/mol. The highest BCUT2D eigenvalue weighted by atomic mass is 32.2. The number of hydrogen-bond acceptors (Lipinski definition) is 6. The molecule has 0 saturated heterocycles. The first-order valence-corrected chi connectivity index (χ1v) is 7.51. The maximum absolute atomic E-state index is 5.28. The molecule has 19 heavy (non-hydrogen) atoms. The van der Waals surface area contributed by atoms with E-state index >= 15 is 0 Å². The molecule has 0 radical (unpaired) electrons. The molecule has 2 heterocycles. The molecular weight excluding hydrogens is 262 g/mol. The molecular formula is C12H19N5OS. The molecule has 2 rings (SSSR count). The van der Waals surface area contributed by atoms with Crippen LogP contribution < -0.4 is 0 Å². The van der Waals surface area contributed by atoms with Crippen LogP contribution in [0.25, 0.3) is 0 Å². The molecule has 6 nitrogen and oxygen atoms in total. The van der Waals surface area contributed by atoms with Gasteiger partial charge in [0, 0.05) is 12.8 Å². The van der Waals surface area contributed by atoms with Crippen LogP contribution in [0.2, 0.25) is 0 Å². The second kappa shape index (κ2) is 6.70. The van der Waals surface area contributed by atoms with Gasteiger partial charge in [0.15, 0.2) is 5.82 Å². The van der Waals surface area contributed by atoms with Gasteiger partial charge in [-0.25, -0.2) is 4.98 Å². The largest absolute Gasteiger partial charge is 0.338 e. The first kappa shape index (κ1) is 14.0. The molecule has 0 spiro atoms. The lowest BCUT2D eigenvalue weighted by molar-refractivity contribution is 0.374.